The number of halogens is 2. The monoisotopic (exact) mass is 435 g/mol. The van der Waals surface area contributed by atoms with E-state index in [-0.39, 0.29) is 17.2 Å². The van der Waals surface area contributed by atoms with E-state index in [0.717, 1.165) is 0 Å². The SMILES string of the molecule is CCN(CC)C(=O)CSc1nc2cc(Cl)ccc2c(=O)n1-c1ccc(Cl)cc1. The molecule has 5 nitrogen and oxygen atoms in total. The van der Waals surface area contributed by atoms with E-state index in [1.165, 1.54) is 16.3 Å². The highest BCUT2D eigenvalue weighted by Gasteiger charge is 2.17. The fourth-order valence-electron chi connectivity index (χ4n) is 2.85. The summed E-state index contributed by atoms with van der Waals surface area (Å²) in [5.41, 5.74) is 0.916. The molecule has 0 aliphatic heterocycles. The molecule has 8 heteroatoms. The minimum atomic E-state index is -0.221. The molecule has 0 saturated heterocycles. The van der Waals surface area contributed by atoms with E-state index in [2.05, 4.69) is 4.98 Å². The highest BCUT2D eigenvalue weighted by atomic mass is 35.5. The lowest BCUT2D eigenvalue weighted by atomic mass is 10.2. The van der Waals surface area contributed by atoms with Crippen LogP contribution in [-0.4, -0.2) is 39.2 Å². The van der Waals surface area contributed by atoms with Crippen LogP contribution in [0.15, 0.2) is 52.4 Å². The third-order valence-electron chi connectivity index (χ3n) is 4.33. The van der Waals surface area contributed by atoms with E-state index in [0.29, 0.717) is 44.9 Å². The predicted molar refractivity (Wildman–Crippen MR) is 116 cm³/mol. The lowest BCUT2D eigenvalue weighted by molar-refractivity contribution is -0.127. The Kier molecular flexibility index (Phi) is 6.65. The zero-order valence-corrected chi connectivity index (χ0v) is 17.8. The minimum Gasteiger partial charge on any atom is -0.343 e. The summed E-state index contributed by atoms with van der Waals surface area (Å²) < 4.78 is 1.51. The van der Waals surface area contributed by atoms with Crippen molar-refractivity contribution in [1.29, 1.82) is 0 Å². The molecule has 0 aliphatic rings. The molecule has 0 atom stereocenters. The first-order valence-electron chi connectivity index (χ1n) is 8.83. The first-order valence-corrected chi connectivity index (χ1v) is 10.6. The van der Waals surface area contributed by atoms with Crippen LogP contribution < -0.4 is 5.56 Å². The molecule has 1 amide bonds. The quantitative estimate of drug-likeness (QED) is 0.417. The lowest BCUT2D eigenvalue weighted by Gasteiger charge is -2.19. The van der Waals surface area contributed by atoms with Gasteiger partial charge in [0.25, 0.3) is 5.56 Å². The van der Waals surface area contributed by atoms with Gasteiger partial charge in [0.1, 0.15) is 0 Å². The molecule has 2 aromatic carbocycles. The lowest BCUT2D eigenvalue weighted by Crippen LogP contribution is -2.32. The topological polar surface area (TPSA) is 55.2 Å². The second kappa shape index (κ2) is 8.99. The number of aromatic nitrogens is 2. The molecule has 0 N–H and O–H groups in total. The van der Waals surface area contributed by atoms with Crippen molar-refractivity contribution in [3.05, 3.63) is 62.9 Å². The van der Waals surface area contributed by atoms with Gasteiger partial charge in [-0.3, -0.25) is 14.2 Å². The van der Waals surface area contributed by atoms with Crippen LogP contribution in [0.1, 0.15) is 13.8 Å². The molecule has 3 rings (SSSR count). The molecule has 0 aliphatic carbocycles. The Bertz CT molecular complexity index is 1060. The van der Waals surface area contributed by atoms with Gasteiger partial charge < -0.3 is 4.90 Å². The average Bonchev–Trinajstić information content (AvgIpc) is 2.68. The van der Waals surface area contributed by atoms with Gasteiger partial charge in [0.05, 0.1) is 22.3 Å². The van der Waals surface area contributed by atoms with E-state index in [1.807, 2.05) is 13.8 Å². The molecule has 0 spiro atoms. The summed E-state index contributed by atoms with van der Waals surface area (Å²) in [4.78, 5) is 32.0. The number of hydrogen-bond acceptors (Lipinski definition) is 4. The van der Waals surface area contributed by atoms with Crippen molar-refractivity contribution in [2.45, 2.75) is 19.0 Å². The molecule has 1 heterocycles. The maximum atomic E-state index is 13.2. The van der Waals surface area contributed by atoms with Gasteiger partial charge in [0.15, 0.2) is 5.16 Å². The third-order valence-corrected chi connectivity index (χ3v) is 5.74. The Hall–Kier alpha value is -2.02. The summed E-state index contributed by atoms with van der Waals surface area (Å²) in [5.74, 6) is 0.187. The van der Waals surface area contributed by atoms with Crippen molar-refractivity contribution >= 4 is 51.8 Å². The van der Waals surface area contributed by atoms with Crippen molar-refractivity contribution < 1.29 is 4.79 Å². The van der Waals surface area contributed by atoms with Crippen molar-refractivity contribution in [2.24, 2.45) is 0 Å². The van der Waals surface area contributed by atoms with Crippen LogP contribution in [0.25, 0.3) is 16.6 Å². The Labute approximate surface area is 177 Å². The molecule has 28 heavy (non-hydrogen) atoms. The summed E-state index contributed by atoms with van der Waals surface area (Å²) in [6.45, 7) is 5.15. The fraction of sp³-hybridized carbons (Fsp3) is 0.250. The number of carbonyl (C=O) groups excluding carboxylic acids is 1. The molecule has 146 valence electrons. The van der Waals surface area contributed by atoms with Gasteiger partial charge in [-0.25, -0.2) is 4.98 Å². The van der Waals surface area contributed by atoms with E-state index >= 15 is 0 Å². The Morgan fingerprint density at radius 2 is 1.71 bits per heavy atom. The first-order chi connectivity index (χ1) is 13.4. The van der Waals surface area contributed by atoms with Gasteiger partial charge in [-0.15, -0.1) is 0 Å². The molecule has 0 radical (unpaired) electrons. The van der Waals surface area contributed by atoms with Gasteiger partial charge in [0.2, 0.25) is 5.91 Å². The summed E-state index contributed by atoms with van der Waals surface area (Å²) in [7, 11) is 0. The molecular formula is C20H19Cl2N3O2S. The zero-order valence-electron chi connectivity index (χ0n) is 15.5. The number of fused-ring (bicyclic) bond motifs is 1. The third kappa shape index (κ3) is 4.35. The molecule has 3 aromatic rings. The Balaban J connectivity index is 2.10. The fourth-order valence-corrected chi connectivity index (χ4v) is 4.05. The van der Waals surface area contributed by atoms with Crippen molar-refractivity contribution in [3.63, 3.8) is 0 Å². The summed E-state index contributed by atoms with van der Waals surface area (Å²) in [5, 5.41) is 1.96. The molecule has 0 bridgehead atoms. The number of hydrogen-bond donors (Lipinski definition) is 0. The average molecular weight is 436 g/mol. The summed E-state index contributed by atoms with van der Waals surface area (Å²) in [6.07, 6.45) is 0. The molecule has 0 saturated carbocycles. The van der Waals surface area contributed by atoms with Crippen LogP contribution in [0.2, 0.25) is 10.0 Å². The van der Waals surface area contributed by atoms with Gasteiger partial charge in [-0.05, 0) is 56.3 Å². The normalized spacial score (nSPS) is 11.0. The summed E-state index contributed by atoms with van der Waals surface area (Å²) in [6, 6.07) is 11.9. The summed E-state index contributed by atoms with van der Waals surface area (Å²) >= 11 is 13.3. The first kappa shape index (κ1) is 20.7. The number of rotatable bonds is 6. The Morgan fingerprint density at radius 3 is 2.36 bits per heavy atom. The molecule has 1 aromatic heterocycles. The zero-order chi connectivity index (χ0) is 20.3. The van der Waals surface area contributed by atoms with Gasteiger partial charge >= 0.3 is 0 Å². The van der Waals surface area contributed by atoms with E-state index < -0.39 is 0 Å². The predicted octanol–water partition coefficient (Wildman–Crippen LogP) is 4.65. The van der Waals surface area contributed by atoms with Crippen molar-refractivity contribution in [1.82, 2.24) is 14.5 Å². The number of thioether (sulfide) groups is 1. The number of nitrogens with zero attached hydrogens (tertiary/aromatic N) is 3. The van der Waals surface area contributed by atoms with Crippen LogP contribution in [0.5, 0.6) is 0 Å². The molecular weight excluding hydrogens is 417 g/mol. The highest BCUT2D eigenvalue weighted by molar-refractivity contribution is 7.99. The maximum absolute atomic E-state index is 13.2. The van der Waals surface area contributed by atoms with Crippen LogP contribution in [0.4, 0.5) is 0 Å². The second-order valence-corrected chi connectivity index (χ2v) is 7.84. The van der Waals surface area contributed by atoms with Crippen LogP contribution in [-0.2, 0) is 4.79 Å². The van der Waals surface area contributed by atoms with Crippen LogP contribution >= 0.6 is 35.0 Å². The smallest absolute Gasteiger partial charge is 0.266 e. The van der Waals surface area contributed by atoms with Crippen molar-refractivity contribution in [2.75, 3.05) is 18.8 Å². The number of amides is 1. The standard InChI is InChI=1S/C20H19Cl2N3O2S/c1-3-24(4-2)18(26)12-28-20-23-17-11-14(22)7-10-16(17)19(27)25(20)15-8-5-13(21)6-9-15/h5-11H,3-4,12H2,1-2H3. The van der Waals surface area contributed by atoms with E-state index in [1.54, 1.807) is 47.4 Å². The van der Waals surface area contributed by atoms with Crippen LogP contribution in [0, 0.1) is 0 Å². The highest BCUT2D eigenvalue weighted by Crippen LogP contribution is 2.24. The van der Waals surface area contributed by atoms with Crippen molar-refractivity contribution in [3.8, 4) is 5.69 Å². The largest absolute Gasteiger partial charge is 0.343 e. The number of benzene rings is 2. The van der Waals surface area contributed by atoms with E-state index in [4.69, 9.17) is 23.2 Å². The van der Waals surface area contributed by atoms with Gasteiger partial charge in [-0.2, -0.15) is 0 Å². The second-order valence-electron chi connectivity index (χ2n) is 6.03. The van der Waals surface area contributed by atoms with Gasteiger partial charge in [0, 0.05) is 23.1 Å². The van der Waals surface area contributed by atoms with Gasteiger partial charge in [-0.1, -0.05) is 35.0 Å². The minimum absolute atomic E-state index is 0.00176. The molecule has 0 fully saturated rings. The molecule has 0 unspecified atom stereocenters. The van der Waals surface area contributed by atoms with Crippen LogP contribution in [0.3, 0.4) is 0 Å². The maximum Gasteiger partial charge on any atom is 0.266 e. The van der Waals surface area contributed by atoms with E-state index in [9.17, 15) is 9.59 Å². The number of carbonyl (C=O) groups is 1. The Morgan fingerprint density at radius 1 is 1.07 bits per heavy atom.